The summed E-state index contributed by atoms with van der Waals surface area (Å²) < 4.78 is 0. The van der Waals surface area contributed by atoms with E-state index in [1.54, 1.807) is 6.20 Å². The van der Waals surface area contributed by atoms with Crippen LogP contribution in [0.1, 0.15) is 5.56 Å². The summed E-state index contributed by atoms with van der Waals surface area (Å²) in [4.78, 5) is 0. The Morgan fingerprint density at radius 2 is 2.33 bits per heavy atom. The minimum Gasteiger partial charge on any atom is -0.396 e. The van der Waals surface area contributed by atoms with Crippen LogP contribution in [0.15, 0.2) is 24.4 Å². The third-order valence-electron chi connectivity index (χ3n) is 1.91. The molecule has 0 saturated carbocycles. The molecule has 0 spiro atoms. The molecule has 0 unspecified atom stereocenters. The lowest BCUT2D eigenvalue weighted by molar-refractivity contribution is 0.299. The first-order valence-corrected chi connectivity index (χ1v) is 3.93. The maximum Gasteiger partial charge on any atom is 0.0653 e. The van der Waals surface area contributed by atoms with Crippen molar-refractivity contribution in [1.29, 1.82) is 0 Å². The molecule has 3 heteroatoms. The van der Waals surface area contributed by atoms with Crippen molar-refractivity contribution in [2.45, 2.75) is 6.42 Å². The normalized spacial score (nSPS) is 10.8. The smallest absolute Gasteiger partial charge is 0.0653 e. The molecule has 0 aliphatic rings. The van der Waals surface area contributed by atoms with E-state index >= 15 is 0 Å². The van der Waals surface area contributed by atoms with E-state index in [0.29, 0.717) is 6.42 Å². The second-order valence-electron chi connectivity index (χ2n) is 2.77. The fraction of sp³-hybridized carbons (Fsp3) is 0.222. The molecule has 0 bridgehead atoms. The van der Waals surface area contributed by atoms with Crippen molar-refractivity contribution < 1.29 is 5.11 Å². The lowest BCUT2D eigenvalue weighted by atomic mass is 10.1. The number of nitrogens with zero attached hydrogens (tertiary/aromatic N) is 1. The summed E-state index contributed by atoms with van der Waals surface area (Å²) in [5, 5.41) is 16.6. The Labute approximate surface area is 70.0 Å². The third kappa shape index (κ3) is 1.19. The molecule has 0 aliphatic heterocycles. The van der Waals surface area contributed by atoms with Gasteiger partial charge in [0.05, 0.1) is 11.7 Å². The van der Waals surface area contributed by atoms with E-state index < -0.39 is 0 Å². The van der Waals surface area contributed by atoms with Gasteiger partial charge in [-0.2, -0.15) is 5.10 Å². The topological polar surface area (TPSA) is 48.9 Å². The van der Waals surface area contributed by atoms with Crippen LogP contribution in [0.25, 0.3) is 10.9 Å². The fourth-order valence-electron chi connectivity index (χ4n) is 1.27. The van der Waals surface area contributed by atoms with Gasteiger partial charge in [-0.15, -0.1) is 0 Å². The van der Waals surface area contributed by atoms with Gasteiger partial charge in [0.15, 0.2) is 0 Å². The maximum atomic E-state index is 8.72. The number of aromatic amines is 1. The molecule has 1 aromatic heterocycles. The molecule has 0 saturated heterocycles. The summed E-state index contributed by atoms with van der Waals surface area (Å²) in [7, 11) is 0. The molecular weight excluding hydrogens is 152 g/mol. The number of aliphatic hydroxyl groups is 1. The van der Waals surface area contributed by atoms with E-state index in [4.69, 9.17) is 5.11 Å². The number of rotatable bonds is 2. The van der Waals surface area contributed by atoms with Gasteiger partial charge in [-0.1, -0.05) is 12.1 Å². The zero-order valence-corrected chi connectivity index (χ0v) is 6.62. The van der Waals surface area contributed by atoms with E-state index in [-0.39, 0.29) is 6.61 Å². The van der Waals surface area contributed by atoms with Gasteiger partial charge in [-0.25, -0.2) is 0 Å². The van der Waals surface area contributed by atoms with Gasteiger partial charge in [0.1, 0.15) is 0 Å². The van der Waals surface area contributed by atoms with E-state index in [2.05, 4.69) is 10.2 Å². The van der Waals surface area contributed by atoms with Crippen LogP contribution in [-0.4, -0.2) is 21.9 Å². The summed E-state index contributed by atoms with van der Waals surface area (Å²) in [6.07, 6.45) is 2.49. The second kappa shape index (κ2) is 2.95. The predicted octanol–water partition coefficient (Wildman–Crippen LogP) is 1.10. The molecule has 0 amide bonds. The highest BCUT2D eigenvalue weighted by molar-refractivity contribution is 5.78. The molecule has 0 radical (unpaired) electrons. The summed E-state index contributed by atoms with van der Waals surface area (Å²) in [6.45, 7) is 0.194. The number of fused-ring (bicyclic) bond motifs is 1. The van der Waals surface area contributed by atoms with Gasteiger partial charge in [0.25, 0.3) is 0 Å². The van der Waals surface area contributed by atoms with Crippen molar-refractivity contribution in [1.82, 2.24) is 10.2 Å². The Morgan fingerprint density at radius 3 is 3.17 bits per heavy atom. The number of benzene rings is 1. The van der Waals surface area contributed by atoms with E-state index in [0.717, 1.165) is 16.5 Å². The van der Waals surface area contributed by atoms with Crippen molar-refractivity contribution in [3.63, 3.8) is 0 Å². The number of aliphatic hydroxyl groups excluding tert-OH is 1. The molecule has 1 aromatic carbocycles. The zero-order valence-electron chi connectivity index (χ0n) is 6.62. The molecule has 62 valence electrons. The standard InChI is InChI=1S/C9H10N2O/c12-4-3-7-1-2-8-6-10-11-9(8)5-7/h1-2,5-6,12H,3-4H2,(H,10,11). The van der Waals surface area contributed by atoms with Gasteiger partial charge < -0.3 is 5.11 Å². The first-order valence-electron chi connectivity index (χ1n) is 3.93. The van der Waals surface area contributed by atoms with Crippen molar-refractivity contribution in [2.75, 3.05) is 6.61 Å². The number of hydrogen-bond donors (Lipinski definition) is 2. The highest BCUT2D eigenvalue weighted by Crippen LogP contribution is 2.12. The van der Waals surface area contributed by atoms with E-state index in [9.17, 15) is 0 Å². The Bertz CT molecular complexity index is 381. The lowest BCUT2D eigenvalue weighted by Gasteiger charge is -1.96. The van der Waals surface area contributed by atoms with Crippen LogP contribution in [0, 0.1) is 0 Å². The SMILES string of the molecule is OCCc1ccc2cn[nH]c2c1. The molecule has 0 atom stereocenters. The van der Waals surface area contributed by atoms with Crippen LogP contribution in [-0.2, 0) is 6.42 Å². The minimum atomic E-state index is 0.194. The first kappa shape index (κ1) is 7.31. The van der Waals surface area contributed by atoms with Gasteiger partial charge in [-0.3, -0.25) is 5.10 Å². The average Bonchev–Trinajstić information content (AvgIpc) is 2.51. The molecule has 3 nitrogen and oxygen atoms in total. The minimum absolute atomic E-state index is 0.194. The Morgan fingerprint density at radius 1 is 1.42 bits per heavy atom. The van der Waals surface area contributed by atoms with Crippen LogP contribution in [0.5, 0.6) is 0 Å². The van der Waals surface area contributed by atoms with Crippen LogP contribution in [0.4, 0.5) is 0 Å². The van der Waals surface area contributed by atoms with Crippen LogP contribution < -0.4 is 0 Å². The van der Waals surface area contributed by atoms with Crippen LogP contribution in [0.3, 0.4) is 0 Å². The Balaban J connectivity index is 2.46. The van der Waals surface area contributed by atoms with E-state index in [1.165, 1.54) is 0 Å². The third-order valence-corrected chi connectivity index (χ3v) is 1.91. The first-order chi connectivity index (χ1) is 5.90. The predicted molar refractivity (Wildman–Crippen MR) is 46.9 cm³/mol. The summed E-state index contributed by atoms with van der Waals surface area (Å²) >= 11 is 0. The van der Waals surface area contributed by atoms with Crippen molar-refractivity contribution in [3.05, 3.63) is 30.0 Å². The van der Waals surface area contributed by atoms with Crippen molar-refractivity contribution in [3.8, 4) is 0 Å². The Kier molecular flexibility index (Phi) is 1.80. The van der Waals surface area contributed by atoms with Crippen molar-refractivity contribution in [2.24, 2.45) is 0 Å². The van der Waals surface area contributed by atoms with Gasteiger partial charge in [0, 0.05) is 12.0 Å². The number of nitrogens with one attached hydrogen (secondary N) is 1. The molecule has 12 heavy (non-hydrogen) atoms. The number of aromatic nitrogens is 2. The van der Waals surface area contributed by atoms with Crippen LogP contribution in [0.2, 0.25) is 0 Å². The Hall–Kier alpha value is -1.35. The largest absolute Gasteiger partial charge is 0.396 e. The molecule has 1 heterocycles. The number of hydrogen-bond acceptors (Lipinski definition) is 2. The lowest BCUT2D eigenvalue weighted by Crippen LogP contribution is -1.89. The summed E-state index contributed by atoms with van der Waals surface area (Å²) in [5.41, 5.74) is 2.16. The molecule has 2 N–H and O–H groups in total. The van der Waals surface area contributed by atoms with Gasteiger partial charge in [0.2, 0.25) is 0 Å². The second-order valence-corrected chi connectivity index (χ2v) is 2.77. The molecule has 2 aromatic rings. The van der Waals surface area contributed by atoms with Crippen LogP contribution >= 0.6 is 0 Å². The highest BCUT2D eigenvalue weighted by atomic mass is 16.2. The van der Waals surface area contributed by atoms with Gasteiger partial charge >= 0.3 is 0 Å². The van der Waals surface area contributed by atoms with E-state index in [1.807, 2.05) is 18.2 Å². The molecular formula is C9H10N2O. The quantitative estimate of drug-likeness (QED) is 0.694. The molecule has 2 rings (SSSR count). The monoisotopic (exact) mass is 162 g/mol. The van der Waals surface area contributed by atoms with Gasteiger partial charge in [-0.05, 0) is 18.1 Å². The molecule has 0 fully saturated rings. The summed E-state index contributed by atoms with van der Waals surface area (Å²) in [6, 6.07) is 6.02. The zero-order chi connectivity index (χ0) is 8.39. The number of H-pyrrole nitrogens is 1. The summed E-state index contributed by atoms with van der Waals surface area (Å²) in [5.74, 6) is 0. The molecule has 0 aliphatic carbocycles. The fourth-order valence-corrected chi connectivity index (χ4v) is 1.27. The van der Waals surface area contributed by atoms with Crippen molar-refractivity contribution >= 4 is 10.9 Å². The average molecular weight is 162 g/mol. The highest BCUT2D eigenvalue weighted by Gasteiger charge is 1.96. The maximum absolute atomic E-state index is 8.72.